The Morgan fingerprint density at radius 3 is 2.71 bits per heavy atom. The molecule has 2 aromatic rings. The number of halogens is 1. The van der Waals surface area contributed by atoms with Gasteiger partial charge >= 0.3 is 0 Å². The molecule has 0 aliphatic rings. The quantitative estimate of drug-likeness (QED) is 0.925. The number of phenols is 1. The number of hydrogen-bond donors (Lipinski definition) is 1. The van der Waals surface area contributed by atoms with Crippen molar-refractivity contribution < 1.29 is 9.84 Å². The molecule has 0 aliphatic carbocycles. The highest BCUT2D eigenvalue weighted by molar-refractivity contribution is 9.10. The van der Waals surface area contributed by atoms with Crippen molar-refractivity contribution in [2.24, 2.45) is 0 Å². The number of hydrogen-bond acceptors (Lipinski definition) is 2. The van der Waals surface area contributed by atoms with Crippen LogP contribution in [0.1, 0.15) is 11.1 Å². The Hall–Kier alpha value is -1.48. The van der Waals surface area contributed by atoms with Crippen LogP contribution in [0, 0.1) is 6.92 Å². The van der Waals surface area contributed by atoms with E-state index in [4.69, 9.17) is 4.74 Å². The maximum absolute atomic E-state index is 9.38. The van der Waals surface area contributed by atoms with E-state index in [9.17, 15) is 5.11 Å². The van der Waals surface area contributed by atoms with Gasteiger partial charge in [0.05, 0.1) is 4.47 Å². The molecule has 0 aliphatic heterocycles. The van der Waals surface area contributed by atoms with Gasteiger partial charge < -0.3 is 9.84 Å². The van der Waals surface area contributed by atoms with E-state index in [1.807, 2.05) is 43.3 Å². The Morgan fingerprint density at radius 1 is 1.18 bits per heavy atom. The second-order valence-corrected chi connectivity index (χ2v) is 4.75. The zero-order valence-electron chi connectivity index (χ0n) is 9.48. The van der Waals surface area contributed by atoms with Gasteiger partial charge in [-0.25, -0.2) is 0 Å². The highest BCUT2D eigenvalue weighted by Gasteiger charge is 2.00. The first kappa shape index (κ1) is 12.0. The van der Waals surface area contributed by atoms with Crippen LogP contribution in [-0.4, -0.2) is 5.11 Å². The Balaban J connectivity index is 2.05. The third-order valence-corrected chi connectivity index (χ3v) is 3.04. The molecule has 2 nitrogen and oxygen atoms in total. The summed E-state index contributed by atoms with van der Waals surface area (Å²) < 4.78 is 6.35. The summed E-state index contributed by atoms with van der Waals surface area (Å²) in [6.45, 7) is 2.52. The molecule has 0 atom stereocenters. The Bertz CT molecular complexity index is 523. The lowest BCUT2D eigenvalue weighted by Gasteiger charge is -2.07. The third kappa shape index (κ3) is 3.24. The SMILES string of the molecule is Cc1cccc(OCc2ccc(O)c(Br)c2)c1. The van der Waals surface area contributed by atoms with E-state index >= 15 is 0 Å². The lowest BCUT2D eigenvalue weighted by atomic mass is 10.2. The van der Waals surface area contributed by atoms with E-state index < -0.39 is 0 Å². The van der Waals surface area contributed by atoms with Crippen molar-refractivity contribution in [3.8, 4) is 11.5 Å². The smallest absolute Gasteiger partial charge is 0.129 e. The van der Waals surface area contributed by atoms with Gasteiger partial charge in [0.1, 0.15) is 18.1 Å². The molecule has 0 fully saturated rings. The van der Waals surface area contributed by atoms with Crippen molar-refractivity contribution in [1.82, 2.24) is 0 Å². The molecule has 17 heavy (non-hydrogen) atoms. The summed E-state index contributed by atoms with van der Waals surface area (Å²) in [5, 5.41) is 9.38. The minimum Gasteiger partial charge on any atom is -0.507 e. The fourth-order valence-electron chi connectivity index (χ4n) is 1.51. The maximum atomic E-state index is 9.38. The van der Waals surface area contributed by atoms with Crippen molar-refractivity contribution in [2.75, 3.05) is 0 Å². The molecule has 3 heteroatoms. The van der Waals surface area contributed by atoms with Crippen molar-refractivity contribution in [3.05, 3.63) is 58.1 Å². The van der Waals surface area contributed by atoms with Crippen LogP contribution >= 0.6 is 15.9 Å². The molecule has 2 rings (SSSR count). The van der Waals surface area contributed by atoms with Gasteiger partial charge in [-0.3, -0.25) is 0 Å². The second-order valence-electron chi connectivity index (χ2n) is 3.89. The average molecular weight is 293 g/mol. The molecule has 0 amide bonds. The van der Waals surface area contributed by atoms with Crippen molar-refractivity contribution in [2.45, 2.75) is 13.5 Å². The first-order chi connectivity index (χ1) is 8.15. The van der Waals surface area contributed by atoms with Gasteiger partial charge in [0.15, 0.2) is 0 Å². The molecule has 0 bridgehead atoms. The predicted molar refractivity (Wildman–Crippen MR) is 71.3 cm³/mol. The van der Waals surface area contributed by atoms with Gasteiger partial charge in [-0.05, 0) is 58.2 Å². The molecule has 0 saturated carbocycles. The zero-order valence-corrected chi connectivity index (χ0v) is 11.1. The van der Waals surface area contributed by atoms with Gasteiger partial charge in [0.2, 0.25) is 0 Å². The van der Waals surface area contributed by atoms with Crippen LogP contribution in [0.4, 0.5) is 0 Å². The molecule has 1 N–H and O–H groups in total. The lowest BCUT2D eigenvalue weighted by Crippen LogP contribution is -1.95. The Labute approximate surface area is 109 Å². The zero-order chi connectivity index (χ0) is 12.3. The summed E-state index contributed by atoms with van der Waals surface area (Å²) in [7, 11) is 0. The maximum Gasteiger partial charge on any atom is 0.129 e. The number of aryl methyl sites for hydroxylation is 1. The molecular weight excluding hydrogens is 280 g/mol. The lowest BCUT2D eigenvalue weighted by molar-refractivity contribution is 0.306. The Kier molecular flexibility index (Phi) is 3.69. The first-order valence-electron chi connectivity index (χ1n) is 5.32. The van der Waals surface area contributed by atoms with E-state index in [0.29, 0.717) is 11.1 Å². The predicted octanol–water partition coefficient (Wildman–Crippen LogP) is 4.04. The fourth-order valence-corrected chi connectivity index (χ4v) is 1.94. The standard InChI is InChI=1S/C14H13BrO2/c1-10-3-2-4-12(7-10)17-9-11-5-6-14(16)13(15)8-11/h2-8,16H,9H2,1H3. The minimum absolute atomic E-state index is 0.240. The summed E-state index contributed by atoms with van der Waals surface area (Å²) in [6, 6.07) is 13.3. The van der Waals surface area contributed by atoms with Crippen molar-refractivity contribution >= 4 is 15.9 Å². The van der Waals surface area contributed by atoms with Gasteiger partial charge in [0, 0.05) is 0 Å². The number of ether oxygens (including phenoxy) is 1. The van der Waals surface area contributed by atoms with Gasteiger partial charge in [-0.1, -0.05) is 18.2 Å². The fraction of sp³-hybridized carbons (Fsp3) is 0.143. The highest BCUT2D eigenvalue weighted by Crippen LogP contribution is 2.25. The number of aromatic hydroxyl groups is 1. The molecule has 0 heterocycles. The largest absolute Gasteiger partial charge is 0.507 e. The molecule has 0 radical (unpaired) electrons. The summed E-state index contributed by atoms with van der Waals surface area (Å²) in [5.41, 5.74) is 2.19. The van der Waals surface area contributed by atoms with Gasteiger partial charge in [-0.2, -0.15) is 0 Å². The van der Waals surface area contributed by atoms with Crippen molar-refractivity contribution in [1.29, 1.82) is 0 Å². The molecule has 2 aromatic carbocycles. The number of phenolic OH excluding ortho intramolecular Hbond substituents is 1. The van der Waals surface area contributed by atoms with Crippen LogP contribution in [0.2, 0.25) is 0 Å². The Morgan fingerprint density at radius 2 is 2.00 bits per heavy atom. The molecule has 0 aromatic heterocycles. The van der Waals surface area contributed by atoms with Crippen LogP contribution in [0.25, 0.3) is 0 Å². The monoisotopic (exact) mass is 292 g/mol. The van der Waals surface area contributed by atoms with Gasteiger partial charge in [0.25, 0.3) is 0 Å². The van der Waals surface area contributed by atoms with Crippen LogP contribution in [0.5, 0.6) is 11.5 Å². The van der Waals surface area contributed by atoms with Crippen LogP contribution in [-0.2, 0) is 6.61 Å². The normalized spacial score (nSPS) is 10.2. The summed E-state index contributed by atoms with van der Waals surface area (Å²) in [4.78, 5) is 0. The first-order valence-corrected chi connectivity index (χ1v) is 6.11. The van der Waals surface area contributed by atoms with Crippen molar-refractivity contribution in [3.63, 3.8) is 0 Å². The summed E-state index contributed by atoms with van der Waals surface area (Å²) in [5.74, 6) is 1.10. The van der Waals surface area contributed by atoms with Crippen LogP contribution < -0.4 is 4.74 Å². The third-order valence-electron chi connectivity index (χ3n) is 2.41. The van der Waals surface area contributed by atoms with Gasteiger partial charge in [-0.15, -0.1) is 0 Å². The molecule has 0 saturated heterocycles. The topological polar surface area (TPSA) is 29.5 Å². The average Bonchev–Trinajstić information content (AvgIpc) is 2.31. The molecule has 0 unspecified atom stereocenters. The highest BCUT2D eigenvalue weighted by atomic mass is 79.9. The molecular formula is C14H13BrO2. The number of benzene rings is 2. The minimum atomic E-state index is 0.240. The van der Waals surface area contributed by atoms with E-state index in [2.05, 4.69) is 15.9 Å². The summed E-state index contributed by atoms with van der Waals surface area (Å²) in [6.07, 6.45) is 0. The summed E-state index contributed by atoms with van der Waals surface area (Å²) >= 11 is 3.28. The van der Waals surface area contributed by atoms with E-state index in [0.717, 1.165) is 11.3 Å². The van der Waals surface area contributed by atoms with Crippen LogP contribution in [0.3, 0.4) is 0 Å². The molecule has 88 valence electrons. The van der Waals surface area contributed by atoms with E-state index in [-0.39, 0.29) is 5.75 Å². The molecule has 0 spiro atoms. The second kappa shape index (κ2) is 5.23. The van der Waals surface area contributed by atoms with E-state index in [1.165, 1.54) is 5.56 Å². The van der Waals surface area contributed by atoms with Crippen LogP contribution in [0.15, 0.2) is 46.9 Å². The number of rotatable bonds is 3. The van der Waals surface area contributed by atoms with E-state index in [1.54, 1.807) is 6.07 Å².